The zero-order chi connectivity index (χ0) is 15.7. The number of nitrogens with one attached hydrogen (secondary N) is 1. The monoisotopic (exact) mass is 293 g/mol. The van der Waals surface area contributed by atoms with Gasteiger partial charge in [-0.15, -0.1) is 0 Å². The molecule has 3 heteroatoms. The zero-order valence-electron chi connectivity index (χ0n) is 14.0. The minimum Gasteiger partial charge on any atom is -0.494 e. The molecule has 0 heterocycles. The molecule has 120 valence electrons. The lowest BCUT2D eigenvalue weighted by Gasteiger charge is -2.32. The Kier molecular flexibility index (Phi) is 7.76. The molecule has 1 atom stereocenters. The van der Waals surface area contributed by atoms with E-state index in [1.807, 2.05) is 0 Å². The van der Waals surface area contributed by atoms with Gasteiger partial charge in [0.15, 0.2) is 0 Å². The van der Waals surface area contributed by atoms with E-state index in [1.54, 1.807) is 0 Å². The first-order valence-electron chi connectivity index (χ1n) is 8.12. The number of aliphatic hydroxyl groups is 1. The summed E-state index contributed by atoms with van der Waals surface area (Å²) in [6.45, 7) is 10.3. The number of ether oxygens (including phenoxy) is 1. The molecule has 1 unspecified atom stereocenters. The van der Waals surface area contributed by atoms with Crippen molar-refractivity contribution in [3.63, 3.8) is 0 Å². The van der Waals surface area contributed by atoms with Gasteiger partial charge >= 0.3 is 0 Å². The molecule has 0 fully saturated rings. The lowest BCUT2D eigenvalue weighted by Crippen LogP contribution is -2.48. The number of benzene rings is 1. The Morgan fingerprint density at radius 1 is 1.14 bits per heavy atom. The van der Waals surface area contributed by atoms with E-state index in [-0.39, 0.29) is 12.1 Å². The normalized spacial score (nSPS) is 14.0. The second-order valence-corrected chi connectivity index (χ2v) is 5.99. The van der Waals surface area contributed by atoms with Crippen LogP contribution in [0.2, 0.25) is 0 Å². The maximum absolute atomic E-state index is 9.69. The predicted octanol–water partition coefficient (Wildman–Crippen LogP) is 3.60. The molecule has 1 aromatic carbocycles. The molecule has 0 bridgehead atoms. The second kappa shape index (κ2) is 9.06. The Morgan fingerprint density at radius 2 is 1.81 bits per heavy atom. The summed E-state index contributed by atoms with van der Waals surface area (Å²) in [7, 11) is 0. The van der Waals surface area contributed by atoms with Gasteiger partial charge in [0.1, 0.15) is 5.75 Å². The van der Waals surface area contributed by atoms with Crippen LogP contribution in [0, 0.1) is 13.8 Å². The van der Waals surface area contributed by atoms with Gasteiger partial charge in [0.05, 0.1) is 13.2 Å². The van der Waals surface area contributed by atoms with E-state index in [0.717, 1.165) is 38.0 Å². The molecule has 0 saturated heterocycles. The topological polar surface area (TPSA) is 41.5 Å². The third kappa shape index (κ3) is 6.06. The molecule has 21 heavy (non-hydrogen) atoms. The summed E-state index contributed by atoms with van der Waals surface area (Å²) >= 11 is 0. The van der Waals surface area contributed by atoms with Gasteiger partial charge in [-0.1, -0.05) is 19.9 Å². The fourth-order valence-electron chi connectivity index (χ4n) is 2.64. The molecule has 0 aliphatic heterocycles. The molecule has 1 aromatic rings. The minimum absolute atomic E-state index is 0.151. The summed E-state index contributed by atoms with van der Waals surface area (Å²) in [5, 5.41) is 13.2. The molecular formula is C18H31NO2. The number of hydrogen-bond donors (Lipinski definition) is 2. The van der Waals surface area contributed by atoms with E-state index in [4.69, 9.17) is 4.74 Å². The first-order valence-corrected chi connectivity index (χ1v) is 8.12. The first kappa shape index (κ1) is 18.0. The van der Waals surface area contributed by atoms with Crippen LogP contribution >= 0.6 is 0 Å². The third-order valence-electron chi connectivity index (χ3n) is 3.99. The Morgan fingerprint density at radius 3 is 2.33 bits per heavy atom. The van der Waals surface area contributed by atoms with Gasteiger partial charge in [0, 0.05) is 5.54 Å². The molecular weight excluding hydrogens is 262 g/mol. The maximum Gasteiger partial charge on any atom is 0.119 e. The number of aryl methyl sites for hydroxylation is 2. The van der Waals surface area contributed by atoms with Gasteiger partial charge in [-0.3, -0.25) is 0 Å². The van der Waals surface area contributed by atoms with Crippen molar-refractivity contribution in [2.75, 3.05) is 19.8 Å². The molecule has 0 saturated carbocycles. The van der Waals surface area contributed by atoms with Gasteiger partial charge in [0.2, 0.25) is 0 Å². The second-order valence-electron chi connectivity index (χ2n) is 5.99. The summed E-state index contributed by atoms with van der Waals surface area (Å²) < 4.78 is 5.85. The third-order valence-corrected chi connectivity index (χ3v) is 3.99. The van der Waals surface area contributed by atoms with Crippen LogP contribution in [0.1, 0.15) is 50.7 Å². The van der Waals surface area contributed by atoms with Gasteiger partial charge in [-0.05, 0) is 69.3 Å². The fraction of sp³-hybridized carbons (Fsp3) is 0.667. The van der Waals surface area contributed by atoms with E-state index >= 15 is 0 Å². The van der Waals surface area contributed by atoms with Crippen LogP contribution in [0.5, 0.6) is 5.75 Å². The van der Waals surface area contributed by atoms with Crippen molar-refractivity contribution in [2.45, 2.75) is 58.9 Å². The summed E-state index contributed by atoms with van der Waals surface area (Å²) in [5.41, 5.74) is 2.31. The minimum atomic E-state index is -0.151. The molecule has 3 nitrogen and oxygen atoms in total. The molecule has 0 spiro atoms. The van der Waals surface area contributed by atoms with Crippen molar-refractivity contribution in [2.24, 2.45) is 0 Å². The summed E-state index contributed by atoms with van der Waals surface area (Å²) in [5.74, 6) is 0.945. The highest BCUT2D eigenvalue weighted by atomic mass is 16.5. The largest absolute Gasteiger partial charge is 0.494 e. The van der Waals surface area contributed by atoms with E-state index in [2.05, 4.69) is 51.2 Å². The summed E-state index contributed by atoms with van der Waals surface area (Å²) in [4.78, 5) is 0. The molecule has 0 amide bonds. The Balaban J connectivity index is 2.43. The zero-order valence-corrected chi connectivity index (χ0v) is 14.0. The number of rotatable bonds is 10. The number of aliphatic hydroxyl groups excluding tert-OH is 1. The van der Waals surface area contributed by atoms with Crippen LogP contribution < -0.4 is 10.1 Å². The smallest absolute Gasteiger partial charge is 0.119 e. The van der Waals surface area contributed by atoms with Crippen molar-refractivity contribution in [3.05, 3.63) is 29.3 Å². The van der Waals surface area contributed by atoms with Crippen LogP contribution in [0.4, 0.5) is 0 Å². The van der Waals surface area contributed by atoms with Crippen LogP contribution in [0.3, 0.4) is 0 Å². The van der Waals surface area contributed by atoms with Crippen LogP contribution in [-0.2, 0) is 0 Å². The van der Waals surface area contributed by atoms with Crippen LogP contribution in [0.25, 0.3) is 0 Å². The van der Waals surface area contributed by atoms with Crippen molar-refractivity contribution < 1.29 is 9.84 Å². The van der Waals surface area contributed by atoms with Crippen LogP contribution in [0.15, 0.2) is 18.2 Å². The van der Waals surface area contributed by atoms with Gasteiger partial charge in [-0.2, -0.15) is 0 Å². The van der Waals surface area contributed by atoms with Gasteiger partial charge < -0.3 is 15.2 Å². The quantitative estimate of drug-likeness (QED) is 0.648. The lowest BCUT2D eigenvalue weighted by molar-refractivity contribution is 0.138. The van der Waals surface area contributed by atoms with Crippen LogP contribution in [-0.4, -0.2) is 30.4 Å². The van der Waals surface area contributed by atoms with E-state index in [0.29, 0.717) is 6.61 Å². The Hall–Kier alpha value is -1.06. The molecule has 0 radical (unpaired) electrons. The van der Waals surface area contributed by atoms with Crippen molar-refractivity contribution >= 4 is 0 Å². The van der Waals surface area contributed by atoms with Crippen molar-refractivity contribution in [3.8, 4) is 5.75 Å². The SMILES string of the molecule is CCCNC(CC)(CO)CCCOc1cc(C)cc(C)c1. The molecule has 0 aliphatic carbocycles. The average molecular weight is 293 g/mol. The highest BCUT2D eigenvalue weighted by Crippen LogP contribution is 2.19. The van der Waals surface area contributed by atoms with Crippen molar-refractivity contribution in [1.29, 1.82) is 0 Å². The summed E-state index contributed by atoms with van der Waals surface area (Å²) in [6.07, 6.45) is 3.90. The Bertz CT molecular complexity index is 393. The standard InChI is InChI=1S/C18H31NO2/c1-5-9-19-18(6-2,14-20)8-7-10-21-17-12-15(3)11-16(4)13-17/h11-13,19-20H,5-10,14H2,1-4H3. The summed E-state index contributed by atoms with van der Waals surface area (Å²) in [6, 6.07) is 6.29. The predicted molar refractivity (Wildman–Crippen MR) is 89.0 cm³/mol. The fourth-order valence-corrected chi connectivity index (χ4v) is 2.64. The highest BCUT2D eigenvalue weighted by molar-refractivity contribution is 5.32. The lowest BCUT2D eigenvalue weighted by atomic mass is 9.91. The molecule has 0 aliphatic rings. The molecule has 2 N–H and O–H groups in total. The van der Waals surface area contributed by atoms with E-state index < -0.39 is 0 Å². The average Bonchev–Trinajstić information content (AvgIpc) is 2.46. The highest BCUT2D eigenvalue weighted by Gasteiger charge is 2.25. The van der Waals surface area contributed by atoms with Gasteiger partial charge in [0.25, 0.3) is 0 Å². The number of hydrogen-bond acceptors (Lipinski definition) is 3. The first-order chi connectivity index (χ1) is 10.0. The Labute approximate surface area is 129 Å². The van der Waals surface area contributed by atoms with Gasteiger partial charge in [-0.25, -0.2) is 0 Å². The molecule has 1 rings (SSSR count). The molecule has 0 aromatic heterocycles. The van der Waals surface area contributed by atoms with E-state index in [1.165, 1.54) is 11.1 Å². The maximum atomic E-state index is 9.69. The van der Waals surface area contributed by atoms with Crippen molar-refractivity contribution in [1.82, 2.24) is 5.32 Å². The van der Waals surface area contributed by atoms with E-state index in [9.17, 15) is 5.11 Å².